The quantitative estimate of drug-likeness (QED) is 0.288. The lowest BCUT2D eigenvalue weighted by molar-refractivity contribution is -0.0213. The maximum atomic E-state index is 13.5. The number of nitrogens with zero attached hydrogens (tertiary/aromatic N) is 3. The maximum absolute atomic E-state index is 13.5. The van der Waals surface area contributed by atoms with Gasteiger partial charge in [-0.15, -0.1) is 11.8 Å². The summed E-state index contributed by atoms with van der Waals surface area (Å²) in [7, 11) is 0. The van der Waals surface area contributed by atoms with Crippen molar-refractivity contribution in [2.45, 2.75) is 23.3 Å². The zero-order valence-corrected chi connectivity index (χ0v) is 22.0. The fourth-order valence-electron chi connectivity index (χ4n) is 4.55. The number of halogens is 2. The van der Waals surface area contributed by atoms with E-state index in [9.17, 15) is 9.90 Å². The van der Waals surface area contributed by atoms with Gasteiger partial charge in [-0.2, -0.15) is 0 Å². The number of imidazole rings is 1. The summed E-state index contributed by atoms with van der Waals surface area (Å²) in [6, 6.07) is 22.8. The van der Waals surface area contributed by atoms with E-state index < -0.39 is 5.60 Å². The summed E-state index contributed by atoms with van der Waals surface area (Å²) in [4.78, 5) is 21.1. The zero-order valence-electron chi connectivity index (χ0n) is 19.7. The van der Waals surface area contributed by atoms with Gasteiger partial charge in [0, 0.05) is 40.5 Å². The Kier molecular flexibility index (Phi) is 7.13. The number of rotatable bonds is 5. The normalized spacial score (nSPS) is 15.2. The van der Waals surface area contributed by atoms with Crippen LogP contribution >= 0.6 is 35.0 Å². The fourth-order valence-corrected chi connectivity index (χ4v) is 5.30. The van der Waals surface area contributed by atoms with E-state index >= 15 is 0 Å². The first kappa shape index (κ1) is 24.9. The molecule has 1 fully saturated rings. The molecule has 3 aromatic carbocycles. The summed E-state index contributed by atoms with van der Waals surface area (Å²) in [5.41, 5.74) is 1.83. The van der Waals surface area contributed by atoms with Gasteiger partial charge >= 0.3 is 0 Å². The van der Waals surface area contributed by atoms with Crippen LogP contribution in [-0.4, -0.2) is 44.8 Å². The summed E-state index contributed by atoms with van der Waals surface area (Å²) < 4.78 is 1.86. The molecule has 0 radical (unpaired) electrons. The molecule has 1 amide bonds. The van der Waals surface area contributed by atoms with E-state index in [1.54, 1.807) is 41.1 Å². The van der Waals surface area contributed by atoms with Crippen molar-refractivity contribution in [1.29, 1.82) is 0 Å². The molecule has 5 rings (SSSR count). The first-order chi connectivity index (χ1) is 17.4. The molecule has 5 nitrogen and oxygen atoms in total. The molecule has 36 heavy (non-hydrogen) atoms. The van der Waals surface area contributed by atoms with Crippen LogP contribution in [0.5, 0.6) is 0 Å². The molecular weight excluding hydrogens is 513 g/mol. The summed E-state index contributed by atoms with van der Waals surface area (Å²) in [5, 5.41) is 12.5. The molecule has 2 heterocycles. The van der Waals surface area contributed by atoms with Gasteiger partial charge < -0.3 is 10.0 Å². The maximum Gasteiger partial charge on any atom is 0.274 e. The van der Waals surface area contributed by atoms with Gasteiger partial charge in [-0.05, 0) is 73.2 Å². The first-order valence-corrected chi connectivity index (χ1v) is 13.6. The number of aromatic nitrogens is 2. The largest absolute Gasteiger partial charge is 0.385 e. The van der Waals surface area contributed by atoms with Gasteiger partial charge in [0.25, 0.3) is 5.91 Å². The monoisotopic (exact) mass is 537 g/mol. The molecule has 184 valence electrons. The second-order valence-corrected chi connectivity index (χ2v) is 10.6. The van der Waals surface area contributed by atoms with Gasteiger partial charge in [-0.25, -0.2) is 4.98 Å². The van der Waals surface area contributed by atoms with Crippen molar-refractivity contribution in [2.75, 3.05) is 19.3 Å². The minimum absolute atomic E-state index is 0.171. The SMILES string of the molecule is CSc1ccc(C2(O)CCN(C(=O)c3cn(-c4ccc(Cl)cc4)c(-c4ccccc4Cl)n3)CC2)cc1. The molecule has 4 aromatic rings. The molecule has 0 saturated carbocycles. The summed E-state index contributed by atoms with van der Waals surface area (Å²) in [6.07, 6.45) is 4.70. The van der Waals surface area contributed by atoms with Crippen LogP contribution in [-0.2, 0) is 5.60 Å². The van der Waals surface area contributed by atoms with Crippen LogP contribution in [0.25, 0.3) is 17.1 Å². The highest BCUT2D eigenvalue weighted by Crippen LogP contribution is 2.35. The van der Waals surface area contributed by atoms with Crippen molar-refractivity contribution in [3.8, 4) is 17.1 Å². The van der Waals surface area contributed by atoms with Crippen LogP contribution in [0.3, 0.4) is 0 Å². The zero-order chi connectivity index (χ0) is 25.3. The molecule has 1 saturated heterocycles. The predicted molar refractivity (Wildman–Crippen MR) is 146 cm³/mol. The lowest BCUT2D eigenvalue weighted by Crippen LogP contribution is -2.45. The van der Waals surface area contributed by atoms with E-state index in [0.29, 0.717) is 47.5 Å². The highest BCUT2D eigenvalue weighted by atomic mass is 35.5. The number of benzene rings is 3. The van der Waals surface area contributed by atoms with E-state index in [0.717, 1.165) is 21.7 Å². The first-order valence-electron chi connectivity index (χ1n) is 11.6. The minimum Gasteiger partial charge on any atom is -0.385 e. The fraction of sp³-hybridized carbons (Fsp3) is 0.214. The van der Waals surface area contributed by atoms with Crippen molar-refractivity contribution < 1.29 is 9.90 Å². The topological polar surface area (TPSA) is 58.4 Å². The Morgan fingerprint density at radius 1 is 0.972 bits per heavy atom. The van der Waals surface area contributed by atoms with Crippen molar-refractivity contribution in [1.82, 2.24) is 14.5 Å². The van der Waals surface area contributed by atoms with E-state index in [-0.39, 0.29) is 5.91 Å². The molecule has 8 heteroatoms. The van der Waals surface area contributed by atoms with Gasteiger partial charge in [0.2, 0.25) is 0 Å². The van der Waals surface area contributed by atoms with Gasteiger partial charge in [0.15, 0.2) is 0 Å². The lowest BCUT2D eigenvalue weighted by atomic mass is 9.84. The smallest absolute Gasteiger partial charge is 0.274 e. The van der Waals surface area contributed by atoms with E-state index in [1.165, 1.54) is 0 Å². The van der Waals surface area contributed by atoms with Crippen LogP contribution in [0.4, 0.5) is 0 Å². The van der Waals surface area contributed by atoms with Crippen LogP contribution in [0.15, 0.2) is 83.9 Å². The number of carbonyl (C=O) groups is 1. The average Bonchev–Trinajstić information content (AvgIpc) is 3.35. The number of aliphatic hydroxyl groups is 1. The molecular formula is C28H25Cl2N3O2S. The molecule has 0 atom stereocenters. The Balaban J connectivity index is 1.41. The average molecular weight is 539 g/mol. The number of piperidine rings is 1. The molecule has 0 spiro atoms. The second-order valence-electron chi connectivity index (χ2n) is 8.83. The third kappa shape index (κ3) is 4.91. The Bertz CT molecular complexity index is 1380. The van der Waals surface area contributed by atoms with E-state index in [2.05, 4.69) is 0 Å². The Morgan fingerprint density at radius 2 is 1.64 bits per heavy atom. The number of amides is 1. The molecule has 0 unspecified atom stereocenters. The molecule has 1 N–H and O–H groups in total. The molecule has 0 aliphatic carbocycles. The van der Waals surface area contributed by atoms with Crippen molar-refractivity contribution in [2.24, 2.45) is 0 Å². The van der Waals surface area contributed by atoms with Crippen molar-refractivity contribution in [3.63, 3.8) is 0 Å². The number of hydrogen-bond donors (Lipinski definition) is 1. The second kappa shape index (κ2) is 10.3. The lowest BCUT2D eigenvalue weighted by Gasteiger charge is -2.38. The number of likely N-dealkylation sites (tertiary alicyclic amines) is 1. The number of carbonyl (C=O) groups excluding carboxylic acids is 1. The van der Waals surface area contributed by atoms with Crippen LogP contribution in [0.2, 0.25) is 10.0 Å². The Labute approximate surface area is 224 Å². The predicted octanol–water partition coefficient (Wildman–Crippen LogP) is 6.69. The third-order valence-corrected chi connectivity index (χ3v) is 7.97. The van der Waals surface area contributed by atoms with Crippen LogP contribution < -0.4 is 0 Å². The van der Waals surface area contributed by atoms with Gasteiger partial charge in [-0.1, -0.05) is 47.5 Å². The summed E-state index contributed by atoms with van der Waals surface area (Å²) >= 11 is 14.3. The molecule has 1 aliphatic heterocycles. The van der Waals surface area contributed by atoms with Gasteiger partial charge in [0.05, 0.1) is 10.6 Å². The Hall–Kier alpha value is -2.77. The highest BCUT2D eigenvalue weighted by molar-refractivity contribution is 7.98. The van der Waals surface area contributed by atoms with E-state index in [4.69, 9.17) is 28.2 Å². The summed E-state index contributed by atoms with van der Waals surface area (Å²) in [5.74, 6) is 0.407. The van der Waals surface area contributed by atoms with Crippen molar-refractivity contribution >= 4 is 40.9 Å². The van der Waals surface area contributed by atoms with E-state index in [1.807, 2.05) is 65.4 Å². The van der Waals surface area contributed by atoms with Gasteiger partial charge in [0.1, 0.15) is 11.5 Å². The molecule has 1 aliphatic rings. The summed E-state index contributed by atoms with van der Waals surface area (Å²) in [6.45, 7) is 0.879. The van der Waals surface area contributed by atoms with Crippen molar-refractivity contribution in [3.05, 3.63) is 100 Å². The highest BCUT2D eigenvalue weighted by Gasteiger charge is 2.36. The molecule has 0 bridgehead atoms. The third-order valence-electron chi connectivity index (χ3n) is 6.65. The van der Waals surface area contributed by atoms with Gasteiger partial charge in [-0.3, -0.25) is 9.36 Å². The Morgan fingerprint density at radius 3 is 2.28 bits per heavy atom. The molecule has 1 aromatic heterocycles. The van der Waals surface area contributed by atoms with Crippen LogP contribution in [0.1, 0.15) is 28.9 Å². The minimum atomic E-state index is -0.945. The van der Waals surface area contributed by atoms with Crippen LogP contribution in [0, 0.1) is 0 Å². The number of hydrogen-bond acceptors (Lipinski definition) is 4. The number of thioether (sulfide) groups is 1. The standard InChI is InChI=1S/C28H25Cl2N3O2S/c1-36-22-12-6-19(7-13-22)28(35)14-16-32(17-15-28)27(34)25-18-33(21-10-8-20(29)9-11-21)26(31-25)23-4-2-3-5-24(23)30/h2-13,18,35H,14-17H2,1H3.